The summed E-state index contributed by atoms with van der Waals surface area (Å²) in [6.45, 7) is 2.52. The van der Waals surface area contributed by atoms with E-state index >= 15 is 0 Å². The van der Waals surface area contributed by atoms with E-state index in [1.807, 2.05) is 38.3 Å². The van der Waals surface area contributed by atoms with Crippen LogP contribution in [0.1, 0.15) is 19.8 Å². The van der Waals surface area contributed by atoms with Crippen molar-refractivity contribution in [2.45, 2.75) is 25.8 Å². The Morgan fingerprint density at radius 2 is 1.88 bits per heavy atom. The molecule has 8 heteroatoms. The van der Waals surface area contributed by atoms with Gasteiger partial charge in [0.2, 0.25) is 0 Å². The third-order valence-corrected chi connectivity index (χ3v) is 6.83. The van der Waals surface area contributed by atoms with Crippen LogP contribution < -0.4 is 9.80 Å². The van der Waals surface area contributed by atoms with Crippen molar-refractivity contribution in [3.05, 3.63) is 45.1 Å². The van der Waals surface area contributed by atoms with Gasteiger partial charge in [-0.05, 0) is 44.1 Å². The molecule has 1 amide bonds. The first-order valence-electron chi connectivity index (χ1n) is 8.40. The number of benzene rings is 1. The molecule has 2 fully saturated rings. The summed E-state index contributed by atoms with van der Waals surface area (Å²) >= 11 is 19.1. The van der Waals surface area contributed by atoms with Gasteiger partial charge < -0.3 is 9.80 Å². The lowest BCUT2D eigenvalue weighted by Crippen LogP contribution is -2.28. The number of thiocarbonyl (C=S) groups is 1. The molecule has 4 nitrogen and oxygen atoms in total. The van der Waals surface area contributed by atoms with Crippen molar-refractivity contribution in [1.82, 2.24) is 4.90 Å². The fourth-order valence-electron chi connectivity index (χ4n) is 3.24. The average molecular weight is 426 g/mol. The van der Waals surface area contributed by atoms with Crippen LogP contribution >= 0.6 is 47.2 Å². The molecule has 0 bridgehead atoms. The molecule has 1 saturated heterocycles. The summed E-state index contributed by atoms with van der Waals surface area (Å²) < 4.78 is 0.614. The third kappa shape index (κ3) is 2.93. The van der Waals surface area contributed by atoms with Gasteiger partial charge in [-0.3, -0.25) is 9.69 Å². The predicted molar refractivity (Wildman–Crippen MR) is 114 cm³/mol. The lowest BCUT2D eigenvalue weighted by atomic mass is 10.2. The molecule has 0 atom stereocenters. The van der Waals surface area contributed by atoms with Crippen LogP contribution in [0, 0.1) is 0 Å². The van der Waals surface area contributed by atoms with Crippen molar-refractivity contribution >= 4 is 68.8 Å². The number of carbonyl (C=O) groups is 1. The number of hydrogen-bond donors (Lipinski definition) is 0. The Morgan fingerprint density at radius 3 is 2.46 bits per heavy atom. The number of nitrogens with zero attached hydrogens (tertiary/aromatic N) is 3. The van der Waals surface area contributed by atoms with E-state index in [-0.39, 0.29) is 5.91 Å². The fraction of sp³-hybridized carbons (Fsp3) is 0.333. The number of rotatable bonds is 3. The van der Waals surface area contributed by atoms with Gasteiger partial charge in [-0.1, -0.05) is 47.2 Å². The highest BCUT2D eigenvalue weighted by atomic mass is 35.5. The molecule has 0 aromatic heterocycles. The molecule has 0 radical (unpaired) electrons. The van der Waals surface area contributed by atoms with Crippen LogP contribution in [0.25, 0.3) is 0 Å². The van der Waals surface area contributed by atoms with E-state index < -0.39 is 0 Å². The van der Waals surface area contributed by atoms with E-state index in [2.05, 4.69) is 9.80 Å². The van der Waals surface area contributed by atoms with E-state index in [4.69, 9.17) is 35.4 Å². The van der Waals surface area contributed by atoms with Gasteiger partial charge in [-0.2, -0.15) is 0 Å². The highest BCUT2D eigenvalue weighted by Crippen LogP contribution is 2.49. The molecule has 136 valence electrons. The van der Waals surface area contributed by atoms with Crippen LogP contribution in [-0.2, 0) is 4.79 Å². The number of allylic oxidation sites excluding steroid dienone is 2. The number of carbonyl (C=O) groups excluding carboxylic acids is 1. The number of hydrogen-bond acceptors (Lipinski definition) is 5. The predicted octanol–water partition coefficient (Wildman–Crippen LogP) is 5.02. The maximum atomic E-state index is 12.4. The molecule has 0 unspecified atom stereocenters. The van der Waals surface area contributed by atoms with Gasteiger partial charge in [0, 0.05) is 19.6 Å². The SMILES string of the molecule is CCN1C(=O)/C(=C/C=C2\N(C)c3cc(Cl)c(Cl)cc3N2C2CC2)SC1=S. The van der Waals surface area contributed by atoms with E-state index in [9.17, 15) is 4.79 Å². The van der Waals surface area contributed by atoms with Crippen molar-refractivity contribution in [1.29, 1.82) is 0 Å². The molecule has 0 spiro atoms. The van der Waals surface area contributed by atoms with E-state index in [1.165, 1.54) is 11.8 Å². The summed E-state index contributed by atoms with van der Waals surface area (Å²) in [5.41, 5.74) is 2.08. The highest BCUT2D eigenvalue weighted by Gasteiger charge is 2.39. The molecule has 26 heavy (non-hydrogen) atoms. The smallest absolute Gasteiger partial charge is 0.266 e. The van der Waals surface area contributed by atoms with Gasteiger partial charge in [-0.25, -0.2) is 0 Å². The first-order valence-corrected chi connectivity index (χ1v) is 10.4. The van der Waals surface area contributed by atoms with Gasteiger partial charge >= 0.3 is 0 Å². The summed E-state index contributed by atoms with van der Waals surface area (Å²) in [6.07, 6.45) is 6.14. The Kier molecular flexibility index (Phi) is 4.72. The van der Waals surface area contributed by atoms with E-state index in [0.29, 0.717) is 31.9 Å². The molecule has 4 rings (SSSR count). The summed E-state index contributed by atoms with van der Waals surface area (Å²) in [5.74, 6) is 0.990. The van der Waals surface area contributed by atoms with Crippen LogP contribution in [0.2, 0.25) is 10.0 Å². The Bertz CT molecular complexity index is 879. The van der Waals surface area contributed by atoms with Gasteiger partial charge in [-0.15, -0.1) is 0 Å². The number of halogens is 2. The zero-order valence-corrected chi connectivity index (χ0v) is 17.5. The van der Waals surface area contributed by atoms with Crippen LogP contribution in [0.15, 0.2) is 35.0 Å². The van der Waals surface area contributed by atoms with Crippen LogP contribution in [0.3, 0.4) is 0 Å². The Morgan fingerprint density at radius 1 is 1.23 bits per heavy atom. The number of amides is 1. The summed E-state index contributed by atoms with van der Waals surface area (Å²) in [4.78, 5) is 19.1. The van der Waals surface area contributed by atoms with Crippen molar-refractivity contribution < 1.29 is 4.79 Å². The van der Waals surface area contributed by atoms with Crippen molar-refractivity contribution in [3.8, 4) is 0 Å². The number of thioether (sulfide) groups is 1. The van der Waals surface area contributed by atoms with Crippen LogP contribution in [-0.4, -0.2) is 34.8 Å². The van der Waals surface area contributed by atoms with Crippen LogP contribution in [0.5, 0.6) is 0 Å². The summed E-state index contributed by atoms with van der Waals surface area (Å²) in [6, 6.07) is 4.28. The number of fused-ring (bicyclic) bond motifs is 1. The lowest BCUT2D eigenvalue weighted by Gasteiger charge is -2.22. The second-order valence-electron chi connectivity index (χ2n) is 6.39. The minimum absolute atomic E-state index is 0.0263. The topological polar surface area (TPSA) is 26.8 Å². The minimum Gasteiger partial charge on any atom is -0.329 e. The lowest BCUT2D eigenvalue weighted by molar-refractivity contribution is -0.122. The molecule has 1 saturated carbocycles. The summed E-state index contributed by atoms with van der Waals surface area (Å²) in [7, 11) is 2.00. The normalized spacial score (nSPS) is 23.0. The number of anilines is 2. The second-order valence-corrected chi connectivity index (χ2v) is 8.88. The molecule has 1 aromatic rings. The molecular formula is C18H17Cl2N3OS2. The maximum absolute atomic E-state index is 12.4. The number of likely N-dealkylation sites (N-methyl/N-ethyl adjacent to an activating group) is 1. The van der Waals surface area contributed by atoms with Gasteiger partial charge in [0.15, 0.2) is 0 Å². The zero-order chi connectivity index (χ0) is 18.6. The minimum atomic E-state index is -0.0263. The Hall–Kier alpha value is -1.21. The first kappa shape index (κ1) is 18.2. The van der Waals surface area contributed by atoms with Crippen molar-refractivity contribution in [3.63, 3.8) is 0 Å². The zero-order valence-electron chi connectivity index (χ0n) is 14.3. The first-order chi connectivity index (χ1) is 12.4. The Balaban J connectivity index is 1.72. The molecule has 1 aliphatic carbocycles. The Labute approximate surface area is 172 Å². The molecule has 3 aliphatic rings. The molecule has 0 N–H and O–H groups in total. The van der Waals surface area contributed by atoms with Gasteiger partial charge in [0.1, 0.15) is 10.1 Å². The van der Waals surface area contributed by atoms with Crippen LogP contribution in [0.4, 0.5) is 11.4 Å². The summed E-state index contributed by atoms with van der Waals surface area (Å²) in [5, 5.41) is 1.09. The second kappa shape index (κ2) is 6.75. The molecule has 2 heterocycles. The fourth-order valence-corrected chi connectivity index (χ4v) is 4.88. The molecule has 1 aromatic carbocycles. The van der Waals surface area contributed by atoms with Gasteiger partial charge in [0.25, 0.3) is 5.91 Å². The average Bonchev–Trinajstić information content (AvgIpc) is 3.35. The highest BCUT2D eigenvalue weighted by molar-refractivity contribution is 8.26. The van der Waals surface area contributed by atoms with Gasteiger partial charge in [0.05, 0.1) is 26.3 Å². The van der Waals surface area contributed by atoms with Crippen molar-refractivity contribution in [2.24, 2.45) is 0 Å². The largest absolute Gasteiger partial charge is 0.329 e. The van der Waals surface area contributed by atoms with E-state index in [1.54, 1.807) is 4.90 Å². The third-order valence-electron chi connectivity index (χ3n) is 4.71. The molecule has 2 aliphatic heterocycles. The van der Waals surface area contributed by atoms with E-state index in [0.717, 1.165) is 30.0 Å². The standard InChI is InChI=1S/C18H17Cl2N3OS2/c1-3-22-17(24)15(26-18(22)25)6-7-16-21(2)13-8-11(19)12(20)9-14(13)23(16)10-4-5-10/h6-10H,3-5H2,1-2H3/b15-6-,16-7+. The quantitative estimate of drug-likeness (QED) is 0.500. The molecular weight excluding hydrogens is 409 g/mol. The van der Waals surface area contributed by atoms with Crippen molar-refractivity contribution in [2.75, 3.05) is 23.4 Å². The monoisotopic (exact) mass is 425 g/mol. The maximum Gasteiger partial charge on any atom is 0.266 e.